The second-order valence-electron chi connectivity index (χ2n) is 5.84. The van der Waals surface area contributed by atoms with Gasteiger partial charge in [-0.05, 0) is 50.4 Å². The molecule has 0 spiro atoms. The highest BCUT2D eigenvalue weighted by Crippen LogP contribution is 2.20. The number of nitrogen functional groups attached to an aromatic ring is 1. The molecular weight excluding hydrogens is 252 g/mol. The van der Waals surface area contributed by atoms with Crippen LogP contribution in [0, 0.1) is 5.92 Å². The molecule has 1 aromatic rings. The minimum Gasteiger partial charge on any atom is -0.489 e. The Labute approximate surface area is 121 Å². The molecule has 1 aliphatic rings. The van der Waals surface area contributed by atoms with E-state index < -0.39 is 6.10 Å². The van der Waals surface area contributed by atoms with Crippen molar-refractivity contribution in [2.24, 2.45) is 5.92 Å². The largest absolute Gasteiger partial charge is 0.489 e. The number of likely N-dealkylation sites (tertiary alicyclic amines) is 1. The van der Waals surface area contributed by atoms with Gasteiger partial charge in [0.2, 0.25) is 0 Å². The van der Waals surface area contributed by atoms with E-state index >= 15 is 0 Å². The molecule has 1 fully saturated rings. The van der Waals surface area contributed by atoms with Crippen LogP contribution in [0.5, 0.6) is 5.75 Å². The lowest BCUT2D eigenvalue weighted by Gasteiger charge is -2.23. The van der Waals surface area contributed by atoms with Gasteiger partial charge in [-0.25, -0.2) is 0 Å². The Hall–Kier alpha value is -1.26. The molecule has 0 amide bonds. The smallest absolute Gasteiger partial charge is 0.142 e. The fourth-order valence-corrected chi connectivity index (χ4v) is 2.65. The first-order valence-electron chi connectivity index (χ1n) is 7.53. The van der Waals surface area contributed by atoms with Crippen LogP contribution in [0.4, 0.5) is 5.69 Å². The summed E-state index contributed by atoms with van der Waals surface area (Å²) in [4.78, 5) is 2.34. The van der Waals surface area contributed by atoms with E-state index in [1.807, 2.05) is 18.2 Å². The fraction of sp³-hybridized carbons (Fsp3) is 0.625. The summed E-state index contributed by atoms with van der Waals surface area (Å²) in [5.74, 6) is 1.45. The number of benzene rings is 1. The third-order valence-electron chi connectivity index (χ3n) is 3.93. The van der Waals surface area contributed by atoms with Gasteiger partial charge < -0.3 is 20.5 Å². The molecule has 4 heteroatoms. The first-order valence-corrected chi connectivity index (χ1v) is 7.53. The summed E-state index contributed by atoms with van der Waals surface area (Å²) in [6.45, 7) is 5.43. The highest BCUT2D eigenvalue weighted by Gasteiger charge is 2.17. The summed E-state index contributed by atoms with van der Waals surface area (Å²) >= 11 is 0. The van der Waals surface area contributed by atoms with Gasteiger partial charge in [0.25, 0.3) is 0 Å². The van der Waals surface area contributed by atoms with Gasteiger partial charge in [0.1, 0.15) is 18.5 Å². The van der Waals surface area contributed by atoms with E-state index in [0.29, 0.717) is 24.6 Å². The van der Waals surface area contributed by atoms with Crippen molar-refractivity contribution in [2.75, 3.05) is 32.0 Å². The maximum Gasteiger partial charge on any atom is 0.142 e. The number of hydrogen-bond acceptors (Lipinski definition) is 4. The van der Waals surface area contributed by atoms with Crippen molar-refractivity contribution in [3.63, 3.8) is 0 Å². The number of nitrogens with zero attached hydrogens (tertiary/aromatic N) is 1. The monoisotopic (exact) mass is 278 g/mol. The number of nitrogens with two attached hydrogens (primary N) is 1. The third kappa shape index (κ3) is 4.69. The summed E-state index contributed by atoms with van der Waals surface area (Å²) < 4.78 is 5.59. The van der Waals surface area contributed by atoms with Crippen LogP contribution in [-0.2, 0) is 0 Å². The van der Waals surface area contributed by atoms with Crippen LogP contribution >= 0.6 is 0 Å². The van der Waals surface area contributed by atoms with Crippen molar-refractivity contribution in [3.05, 3.63) is 24.3 Å². The topological polar surface area (TPSA) is 58.7 Å². The van der Waals surface area contributed by atoms with Crippen LogP contribution < -0.4 is 10.5 Å². The molecule has 20 heavy (non-hydrogen) atoms. The third-order valence-corrected chi connectivity index (χ3v) is 3.93. The van der Waals surface area contributed by atoms with Crippen LogP contribution in [0.15, 0.2) is 24.3 Å². The lowest BCUT2D eigenvalue weighted by molar-refractivity contribution is 0.0693. The number of aliphatic hydroxyl groups is 1. The molecule has 0 aromatic heterocycles. The molecule has 1 aromatic carbocycles. The molecule has 3 N–H and O–H groups in total. The molecule has 0 saturated carbocycles. The Kier molecular flexibility index (Phi) is 5.68. The maximum absolute atomic E-state index is 10.1. The second kappa shape index (κ2) is 7.50. The number of anilines is 1. The molecule has 0 radical (unpaired) electrons. The molecule has 1 heterocycles. The van der Waals surface area contributed by atoms with Crippen LogP contribution in [0.3, 0.4) is 0 Å². The first-order chi connectivity index (χ1) is 9.65. The number of rotatable bonds is 5. The number of ether oxygens (including phenoxy) is 1. The predicted octanol–water partition coefficient (Wildman–Crippen LogP) is 2.13. The summed E-state index contributed by atoms with van der Waals surface area (Å²) in [5.41, 5.74) is 6.42. The number of para-hydroxylation sites is 2. The van der Waals surface area contributed by atoms with Gasteiger partial charge in [-0.1, -0.05) is 19.1 Å². The average molecular weight is 278 g/mol. The van der Waals surface area contributed by atoms with Gasteiger partial charge in [-0.2, -0.15) is 0 Å². The Bertz CT molecular complexity index is 411. The van der Waals surface area contributed by atoms with E-state index in [0.717, 1.165) is 19.0 Å². The lowest BCUT2D eigenvalue weighted by atomic mass is 10.0. The molecule has 2 unspecified atom stereocenters. The number of hydrogen-bond donors (Lipinski definition) is 2. The second-order valence-corrected chi connectivity index (χ2v) is 5.84. The molecule has 112 valence electrons. The van der Waals surface area contributed by atoms with E-state index in [-0.39, 0.29) is 0 Å². The Morgan fingerprint density at radius 1 is 1.35 bits per heavy atom. The molecule has 1 aliphatic heterocycles. The van der Waals surface area contributed by atoms with Gasteiger partial charge in [-0.3, -0.25) is 0 Å². The van der Waals surface area contributed by atoms with E-state index in [9.17, 15) is 5.11 Å². The number of β-amino-alcohol motifs (C(OH)–C–C–N with tert-alkyl or cyclic N) is 1. The molecule has 0 bridgehead atoms. The molecule has 0 aliphatic carbocycles. The van der Waals surface area contributed by atoms with Gasteiger partial charge in [0.15, 0.2) is 0 Å². The van der Waals surface area contributed by atoms with Gasteiger partial charge in [0, 0.05) is 6.54 Å². The van der Waals surface area contributed by atoms with Crippen molar-refractivity contribution < 1.29 is 9.84 Å². The SMILES string of the molecule is CC1CCCN(CC(O)COc2ccccc2N)CC1. The minimum absolute atomic E-state index is 0.292. The van der Waals surface area contributed by atoms with Crippen molar-refractivity contribution in [1.29, 1.82) is 0 Å². The van der Waals surface area contributed by atoms with Crippen molar-refractivity contribution in [3.8, 4) is 5.75 Å². The Balaban J connectivity index is 1.75. The van der Waals surface area contributed by atoms with E-state index in [2.05, 4.69) is 11.8 Å². The Morgan fingerprint density at radius 2 is 2.15 bits per heavy atom. The van der Waals surface area contributed by atoms with E-state index in [1.165, 1.54) is 19.3 Å². The minimum atomic E-state index is -0.469. The zero-order valence-electron chi connectivity index (χ0n) is 12.3. The average Bonchev–Trinajstić information content (AvgIpc) is 2.63. The van der Waals surface area contributed by atoms with Gasteiger partial charge >= 0.3 is 0 Å². The highest BCUT2D eigenvalue weighted by atomic mass is 16.5. The summed E-state index contributed by atoms with van der Waals surface area (Å²) in [6.07, 6.45) is 3.27. The summed E-state index contributed by atoms with van der Waals surface area (Å²) in [7, 11) is 0. The van der Waals surface area contributed by atoms with Crippen LogP contribution in [-0.4, -0.2) is 42.4 Å². The first kappa shape index (κ1) is 15.1. The lowest BCUT2D eigenvalue weighted by Crippen LogP contribution is -2.36. The van der Waals surface area contributed by atoms with Crippen molar-refractivity contribution in [1.82, 2.24) is 4.90 Å². The number of aliphatic hydroxyl groups excluding tert-OH is 1. The van der Waals surface area contributed by atoms with E-state index in [4.69, 9.17) is 10.5 Å². The van der Waals surface area contributed by atoms with Crippen LogP contribution in [0.2, 0.25) is 0 Å². The quantitative estimate of drug-likeness (QED) is 0.810. The fourth-order valence-electron chi connectivity index (χ4n) is 2.65. The van der Waals surface area contributed by atoms with Crippen molar-refractivity contribution >= 4 is 5.69 Å². The molecule has 2 rings (SSSR count). The normalized spacial score (nSPS) is 22.2. The standard InChI is InChI=1S/C16H26N2O2/c1-13-5-4-9-18(10-8-13)11-14(19)12-20-16-7-3-2-6-15(16)17/h2-3,6-7,13-14,19H,4-5,8-12,17H2,1H3. The zero-order valence-corrected chi connectivity index (χ0v) is 12.3. The zero-order chi connectivity index (χ0) is 14.4. The van der Waals surface area contributed by atoms with Crippen LogP contribution in [0.25, 0.3) is 0 Å². The maximum atomic E-state index is 10.1. The summed E-state index contributed by atoms with van der Waals surface area (Å²) in [6, 6.07) is 7.39. The Morgan fingerprint density at radius 3 is 2.95 bits per heavy atom. The van der Waals surface area contributed by atoms with Gasteiger partial charge in [-0.15, -0.1) is 0 Å². The van der Waals surface area contributed by atoms with E-state index in [1.54, 1.807) is 6.07 Å². The molecule has 2 atom stereocenters. The van der Waals surface area contributed by atoms with Crippen molar-refractivity contribution in [2.45, 2.75) is 32.3 Å². The molecular formula is C16H26N2O2. The predicted molar refractivity (Wildman–Crippen MR) is 81.8 cm³/mol. The van der Waals surface area contributed by atoms with Gasteiger partial charge in [0.05, 0.1) is 5.69 Å². The molecule has 1 saturated heterocycles. The highest BCUT2D eigenvalue weighted by molar-refractivity contribution is 5.51. The summed E-state index contributed by atoms with van der Waals surface area (Å²) in [5, 5.41) is 10.1. The molecule has 4 nitrogen and oxygen atoms in total. The van der Waals surface area contributed by atoms with Crippen LogP contribution in [0.1, 0.15) is 26.2 Å².